The van der Waals surface area contributed by atoms with Crippen LogP contribution < -0.4 is 5.32 Å². The van der Waals surface area contributed by atoms with Crippen LogP contribution in [0.4, 0.5) is 0 Å². The molecule has 1 aliphatic heterocycles. The zero-order valence-electron chi connectivity index (χ0n) is 9.35. The molecule has 1 aliphatic carbocycles. The van der Waals surface area contributed by atoms with E-state index in [1.807, 2.05) is 0 Å². The Hall–Kier alpha value is -0.0800. The molecule has 0 radical (unpaired) electrons. The minimum Gasteiger partial charge on any atom is -0.375 e. The van der Waals surface area contributed by atoms with Crippen molar-refractivity contribution in [1.29, 1.82) is 0 Å². The van der Waals surface area contributed by atoms with E-state index >= 15 is 0 Å². The van der Waals surface area contributed by atoms with Gasteiger partial charge < -0.3 is 10.1 Å². The summed E-state index contributed by atoms with van der Waals surface area (Å²) in [6, 6.07) is 0. The minimum absolute atomic E-state index is 0.290. The van der Waals surface area contributed by atoms with E-state index in [0.29, 0.717) is 0 Å². The molecule has 2 rings (SSSR count). The summed E-state index contributed by atoms with van der Waals surface area (Å²) in [6.45, 7) is 2.16. The van der Waals surface area contributed by atoms with Gasteiger partial charge >= 0.3 is 0 Å². The van der Waals surface area contributed by atoms with E-state index in [4.69, 9.17) is 4.74 Å². The largest absolute Gasteiger partial charge is 0.375 e. The molecule has 1 spiro atoms. The Morgan fingerprint density at radius 2 is 2.07 bits per heavy atom. The first kappa shape index (κ1) is 10.4. The summed E-state index contributed by atoms with van der Waals surface area (Å²) < 4.78 is 6.06. The lowest BCUT2D eigenvalue weighted by molar-refractivity contribution is -0.116. The highest BCUT2D eigenvalue weighted by atomic mass is 16.5. The second-order valence-corrected chi connectivity index (χ2v) is 5.01. The van der Waals surface area contributed by atoms with Gasteiger partial charge in [0.1, 0.15) is 0 Å². The Balaban J connectivity index is 1.91. The number of hydrogen-bond acceptors (Lipinski definition) is 2. The summed E-state index contributed by atoms with van der Waals surface area (Å²) in [5, 5.41) is 3.30. The summed E-state index contributed by atoms with van der Waals surface area (Å²) >= 11 is 0. The normalized spacial score (nSPS) is 31.9. The third-order valence-electron chi connectivity index (χ3n) is 3.85. The summed E-state index contributed by atoms with van der Waals surface area (Å²) in [6.07, 6.45) is 9.36. The molecule has 0 aromatic carbocycles. The first-order valence-corrected chi connectivity index (χ1v) is 6.13. The molecule has 2 aliphatic rings. The molecule has 1 heterocycles. The van der Waals surface area contributed by atoms with Crippen LogP contribution in [-0.2, 0) is 4.74 Å². The van der Waals surface area contributed by atoms with Gasteiger partial charge in [0, 0.05) is 6.61 Å². The summed E-state index contributed by atoms with van der Waals surface area (Å²) in [5.74, 6) is 0.854. The van der Waals surface area contributed by atoms with Gasteiger partial charge in [-0.1, -0.05) is 19.3 Å². The van der Waals surface area contributed by atoms with Crippen molar-refractivity contribution in [2.45, 2.75) is 50.5 Å². The van der Waals surface area contributed by atoms with E-state index < -0.39 is 0 Å². The Bertz CT molecular complexity index is 168. The van der Waals surface area contributed by atoms with Crippen LogP contribution in [0, 0.1) is 5.92 Å². The number of hydrogen-bond donors (Lipinski definition) is 1. The Kier molecular flexibility index (Phi) is 3.45. The Morgan fingerprint density at radius 1 is 1.29 bits per heavy atom. The van der Waals surface area contributed by atoms with Crippen LogP contribution in [0.3, 0.4) is 0 Å². The third kappa shape index (κ3) is 2.29. The molecule has 14 heavy (non-hydrogen) atoms. The first-order valence-electron chi connectivity index (χ1n) is 6.13. The van der Waals surface area contributed by atoms with Gasteiger partial charge in [0.2, 0.25) is 0 Å². The van der Waals surface area contributed by atoms with Crippen molar-refractivity contribution in [2.75, 3.05) is 20.2 Å². The van der Waals surface area contributed by atoms with Crippen molar-refractivity contribution in [2.24, 2.45) is 5.92 Å². The van der Waals surface area contributed by atoms with Gasteiger partial charge in [-0.25, -0.2) is 0 Å². The van der Waals surface area contributed by atoms with Crippen molar-refractivity contribution >= 4 is 0 Å². The van der Waals surface area contributed by atoms with E-state index in [1.165, 1.54) is 51.5 Å². The monoisotopic (exact) mass is 197 g/mol. The molecule has 0 bridgehead atoms. The quantitative estimate of drug-likeness (QED) is 0.733. The van der Waals surface area contributed by atoms with Gasteiger partial charge in [-0.2, -0.15) is 0 Å². The smallest absolute Gasteiger partial charge is 0.0685 e. The van der Waals surface area contributed by atoms with Crippen LogP contribution in [0.25, 0.3) is 0 Å². The minimum atomic E-state index is 0.290. The second-order valence-electron chi connectivity index (χ2n) is 5.01. The Labute approximate surface area is 87.4 Å². The van der Waals surface area contributed by atoms with Crippen molar-refractivity contribution in [1.82, 2.24) is 5.32 Å². The highest BCUT2D eigenvalue weighted by molar-refractivity contribution is 4.89. The molecule has 1 unspecified atom stereocenters. The molecular weight excluding hydrogens is 174 g/mol. The standard InChI is InChI=1S/C12H23NO/c1-13-10-11-5-8-14-12(9-11)6-3-2-4-7-12/h11,13H,2-10H2,1H3. The molecule has 2 nitrogen and oxygen atoms in total. The van der Waals surface area contributed by atoms with Gasteiger partial charge in [-0.05, 0) is 45.2 Å². The van der Waals surface area contributed by atoms with Crippen LogP contribution in [0.1, 0.15) is 44.9 Å². The van der Waals surface area contributed by atoms with Crippen LogP contribution in [0.5, 0.6) is 0 Å². The van der Waals surface area contributed by atoms with E-state index in [1.54, 1.807) is 0 Å². The maximum absolute atomic E-state index is 6.06. The highest BCUT2D eigenvalue weighted by Gasteiger charge is 2.37. The highest BCUT2D eigenvalue weighted by Crippen LogP contribution is 2.40. The van der Waals surface area contributed by atoms with Crippen LogP contribution in [-0.4, -0.2) is 25.8 Å². The topological polar surface area (TPSA) is 21.3 Å². The maximum atomic E-state index is 6.06. The summed E-state index contributed by atoms with van der Waals surface area (Å²) in [7, 11) is 2.06. The number of nitrogens with one attached hydrogen (secondary N) is 1. The fourth-order valence-corrected chi connectivity index (χ4v) is 3.14. The van der Waals surface area contributed by atoms with Crippen molar-refractivity contribution in [3.63, 3.8) is 0 Å². The molecule has 1 atom stereocenters. The predicted octanol–water partition coefficient (Wildman–Crippen LogP) is 2.34. The molecule has 1 saturated heterocycles. The van der Waals surface area contributed by atoms with Crippen molar-refractivity contribution in [3.05, 3.63) is 0 Å². The number of rotatable bonds is 2. The molecular formula is C12H23NO. The van der Waals surface area contributed by atoms with Crippen LogP contribution in [0.15, 0.2) is 0 Å². The molecule has 2 fully saturated rings. The fourth-order valence-electron chi connectivity index (χ4n) is 3.14. The summed E-state index contributed by atoms with van der Waals surface area (Å²) in [4.78, 5) is 0. The van der Waals surface area contributed by atoms with Gasteiger partial charge in [-0.3, -0.25) is 0 Å². The molecule has 2 heteroatoms. The van der Waals surface area contributed by atoms with Crippen LogP contribution >= 0.6 is 0 Å². The average Bonchev–Trinajstić information content (AvgIpc) is 2.19. The zero-order valence-corrected chi connectivity index (χ0v) is 9.35. The molecule has 0 aromatic heterocycles. The summed E-state index contributed by atoms with van der Waals surface area (Å²) in [5.41, 5.74) is 0.290. The van der Waals surface area contributed by atoms with Crippen molar-refractivity contribution in [3.8, 4) is 0 Å². The third-order valence-corrected chi connectivity index (χ3v) is 3.85. The number of ether oxygens (including phenoxy) is 1. The van der Waals surface area contributed by atoms with Crippen molar-refractivity contribution < 1.29 is 4.74 Å². The van der Waals surface area contributed by atoms with Gasteiger partial charge in [0.25, 0.3) is 0 Å². The Morgan fingerprint density at radius 3 is 2.79 bits per heavy atom. The van der Waals surface area contributed by atoms with Gasteiger partial charge in [0.05, 0.1) is 5.60 Å². The van der Waals surface area contributed by atoms with Crippen LogP contribution in [0.2, 0.25) is 0 Å². The van der Waals surface area contributed by atoms with Gasteiger partial charge in [0.15, 0.2) is 0 Å². The fraction of sp³-hybridized carbons (Fsp3) is 1.00. The average molecular weight is 197 g/mol. The molecule has 0 aromatic rings. The maximum Gasteiger partial charge on any atom is 0.0685 e. The van der Waals surface area contributed by atoms with E-state index in [-0.39, 0.29) is 5.60 Å². The van der Waals surface area contributed by atoms with Gasteiger partial charge in [-0.15, -0.1) is 0 Å². The lowest BCUT2D eigenvalue weighted by Crippen LogP contribution is -2.43. The zero-order chi connectivity index (χ0) is 9.86. The SMILES string of the molecule is CNCC1CCOC2(CCCCC2)C1. The molecule has 1 N–H and O–H groups in total. The predicted molar refractivity (Wildman–Crippen MR) is 58.4 cm³/mol. The molecule has 1 saturated carbocycles. The molecule has 82 valence electrons. The first-order chi connectivity index (χ1) is 6.85. The lowest BCUT2D eigenvalue weighted by Gasteiger charge is -2.43. The second kappa shape index (κ2) is 4.63. The van der Waals surface area contributed by atoms with E-state index in [9.17, 15) is 0 Å². The lowest BCUT2D eigenvalue weighted by atomic mass is 9.76. The van der Waals surface area contributed by atoms with E-state index in [0.717, 1.165) is 12.5 Å². The molecule has 0 amide bonds. The van der Waals surface area contributed by atoms with E-state index in [2.05, 4.69) is 12.4 Å².